The van der Waals surface area contributed by atoms with Gasteiger partial charge in [-0.15, -0.1) is 5.10 Å². The van der Waals surface area contributed by atoms with Crippen molar-refractivity contribution in [3.8, 4) is 11.5 Å². The fourth-order valence-corrected chi connectivity index (χ4v) is 2.19. The van der Waals surface area contributed by atoms with E-state index in [-0.39, 0.29) is 0 Å². The first-order valence-corrected chi connectivity index (χ1v) is 6.07. The molecule has 0 unspecified atom stereocenters. The summed E-state index contributed by atoms with van der Waals surface area (Å²) in [6.07, 6.45) is 3.85. The van der Waals surface area contributed by atoms with Crippen molar-refractivity contribution in [2.45, 2.75) is 18.9 Å². The molecule has 8 nitrogen and oxygen atoms in total. The van der Waals surface area contributed by atoms with Crippen molar-refractivity contribution in [2.24, 2.45) is 0 Å². The maximum Gasteiger partial charge on any atom is 0.245 e. The van der Waals surface area contributed by atoms with E-state index < -0.39 is 0 Å². The van der Waals surface area contributed by atoms with Crippen LogP contribution in [0.15, 0.2) is 6.20 Å². The van der Waals surface area contributed by atoms with Crippen LogP contribution in [0.5, 0.6) is 0 Å². The summed E-state index contributed by atoms with van der Waals surface area (Å²) >= 11 is 0. The van der Waals surface area contributed by atoms with Crippen molar-refractivity contribution < 1.29 is 0 Å². The molecule has 0 aliphatic carbocycles. The Morgan fingerprint density at radius 2 is 2.17 bits per heavy atom. The third kappa shape index (κ3) is 2.06. The summed E-state index contributed by atoms with van der Waals surface area (Å²) in [6, 6.07) is 0.607. The SMILES string of the molecule is CNC1CCN(c2n[nH]c(-c3cn[nH]n3)n2)CC1. The lowest BCUT2D eigenvalue weighted by Crippen LogP contribution is -2.41. The predicted octanol–water partition coefficient (Wildman–Crippen LogP) is -0.222. The molecule has 3 N–H and O–H groups in total. The summed E-state index contributed by atoms with van der Waals surface area (Å²) < 4.78 is 0. The molecule has 0 aromatic carbocycles. The van der Waals surface area contributed by atoms with Crippen LogP contribution in [0, 0.1) is 0 Å². The van der Waals surface area contributed by atoms with Gasteiger partial charge in [-0.2, -0.15) is 20.4 Å². The van der Waals surface area contributed by atoms with Gasteiger partial charge in [0, 0.05) is 19.1 Å². The van der Waals surface area contributed by atoms with E-state index in [0.717, 1.165) is 31.9 Å². The number of aromatic amines is 2. The van der Waals surface area contributed by atoms with Gasteiger partial charge in [-0.05, 0) is 19.9 Å². The van der Waals surface area contributed by atoms with E-state index in [9.17, 15) is 0 Å². The fourth-order valence-electron chi connectivity index (χ4n) is 2.19. The van der Waals surface area contributed by atoms with Crippen molar-refractivity contribution >= 4 is 5.95 Å². The molecule has 0 atom stereocenters. The molecule has 3 rings (SSSR count). The lowest BCUT2D eigenvalue weighted by atomic mass is 10.1. The standard InChI is InChI=1S/C10H16N8/c1-11-7-2-4-18(5-3-7)10-13-9(15-16-10)8-6-12-17-14-8/h6-7,11H,2-5H2,1H3,(H,12,14,17)(H,13,15,16). The van der Waals surface area contributed by atoms with Crippen LogP contribution >= 0.6 is 0 Å². The van der Waals surface area contributed by atoms with E-state index >= 15 is 0 Å². The van der Waals surface area contributed by atoms with Crippen LogP contribution in [0.25, 0.3) is 11.5 Å². The highest BCUT2D eigenvalue weighted by Crippen LogP contribution is 2.18. The molecule has 8 heteroatoms. The normalized spacial score (nSPS) is 17.3. The largest absolute Gasteiger partial charge is 0.339 e. The van der Waals surface area contributed by atoms with Gasteiger partial charge < -0.3 is 10.2 Å². The third-order valence-corrected chi connectivity index (χ3v) is 3.32. The monoisotopic (exact) mass is 248 g/mol. The van der Waals surface area contributed by atoms with Crippen LogP contribution in [0.4, 0.5) is 5.95 Å². The van der Waals surface area contributed by atoms with Crippen LogP contribution in [0.2, 0.25) is 0 Å². The summed E-state index contributed by atoms with van der Waals surface area (Å²) in [5, 5.41) is 20.7. The van der Waals surface area contributed by atoms with Crippen molar-refractivity contribution in [3.63, 3.8) is 0 Å². The molecule has 1 fully saturated rings. The Balaban J connectivity index is 1.71. The van der Waals surface area contributed by atoms with E-state index in [1.54, 1.807) is 6.20 Å². The highest BCUT2D eigenvalue weighted by molar-refractivity contribution is 5.49. The molecule has 1 aliphatic rings. The Hall–Kier alpha value is -1.96. The van der Waals surface area contributed by atoms with Crippen molar-refractivity contribution in [1.29, 1.82) is 0 Å². The van der Waals surface area contributed by atoms with E-state index in [4.69, 9.17) is 0 Å². The molecule has 3 heterocycles. The third-order valence-electron chi connectivity index (χ3n) is 3.32. The smallest absolute Gasteiger partial charge is 0.245 e. The van der Waals surface area contributed by atoms with Gasteiger partial charge in [-0.25, -0.2) is 0 Å². The lowest BCUT2D eigenvalue weighted by molar-refractivity contribution is 0.439. The summed E-state index contributed by atoms with van der Waals surface area (Å²) in [7, 11) is 2.01. The number of nitrogens with zero attached hydrogens (tertiary/aromatic N) is 5. The van der Waals surface area contributed by atoms with Gasteiger partial charge in [0.05, 0.1) is 6.20 Å². The fraction of sp³-hybridized carbons (Fsp3) is 0.600. The van der Waals surface area contributed by atoms with Gasteiger partial charge in [0.1, 0.15) is 5.69 Å². The maximum atomic E-state index is 4.44. The second-order valence-corrected chi connectivity index (χ2v) is 4.39. The number of piperidine rings is 1. The Labute approximate surface area is 104 Å². The molecule has 2 aromatic heterocycles. The zero-order chi connectivity index (χ0) is 12.4. The minimum atomic E-state index is 0.607. The highest BCUT2D eigenvalue weighted by atomic mass is 15.4. The summed E-state index contributed by atoms with van der Waals surface area (Å²) in [4.78, 5) is 6.63. The quantitative estimate of drug-likeness (QED) is 0.694. The van der Waals surface area contributed by atoms with Gasteiger partial charge in [-0.1, -0.05) is 0 Å². The van der Waals surface area contributed by atoms with Gasteiger partial charge in [-0.3, -0.25) is 5.10 Å². The molecule has 18 heavy (non-hydrogen) atoms. The van der Waals surface area contributed by atoms with Crippen LogP contribution in [0.3, 0.4) is 0 Å². The summed E-state index contributed by atoms with van der Waals surface area (Å²) in [5.41, 5.74) is 0.680. The number of nitrogens with one attached hydrogen (secondary N) is 3. The first-order valence-electron chi connectivity index (χ1n) is 6.07. The van der Waals surface area contributed by atoms with Gasteiger partial charge >= 0.3 is 0 Å². The highest BCUT2D eigenvalue weighted by Gasteiger charge is 2.21. The van der Waals surface area contributed by atoms with E-state index in [2.05, 4.69) is 40.8 Å². The van der Waals surface area contributed by atoms with Crippen LogP contribution in [-0.2, 0) is 0 Å². The second-order valence-electron chi connectivity index (χ2n) is 4.39. The Kier molecular flexibility index (Phi) is 2.93. The first-order chi connectivity index (χ1) is 8.86. The lowest BCUT2D eigenvalue weighted by Gasteiger charge is -2.30. The molecule has 0 saturated carbocycles. The molecule has 0 amide bonds. The molecular weight excluding hydrogens is 232 g/mol. The van der Waals surface area contributed by atoms with Crippen molar-refractivity contribution in [3.05, 3.63) is 6.20 Å². The molecule has 1 saturated heterocycles. The van der Waals surface area contributed by atoms with Crippen molar-refractivity contribution in [2.75, 3.05) is 25.0 Å². The maximum absolute atomic E-state index is 4.44. The average Bonchev–Trinajstić information content (AvgIpc) is 3.09. The Morgan fingerprint density at radius 3 is 2.83 bits per heavy atom. The number of hydrogen-bond acceptors (Lipinski definition) is 6. The predicted molar refractivity (Wildman–Crippen MR) is 66.1 cm³/mol. The molecule has 1 aliphatic heterocycles. The molecule has 96 valence electrons. The molecule has 0 bridgehead atoms. The Bertz CT molecular complexity index is 482. The number of rotatable bonds is 3. The molecule has 0 spiro atoms. The van der Waals surface area contributed by atoms with Gasteiger partial charge in [0.2, 0.25) is 5.95 Å². The van der Waals surface area contributed by atoms with Crippen LogP contribution < -0.4 is 10.2 Å². The Morgan fingerprint density at radius 1 is 1.33 bits per heavy atom. The van der Waals surface area contributed by atoms with E-state index in [0.29, 0.717) is 17.6 Å². The van der Waals surface area contributed by atoms with Gasteiger partial charge in [0.15, 0.2) is 5.82 Å². The minimum Gasteiger partial charge on any atom is -0.339 e. The number of hydrogen-bond donors (Lipinski definition) is 3. The molecular formula is C10H16N8. The molecule has 2 aromatic rings. The van der Waals surface area contributed by atoms with Crippen LogP contribution in [-0.4, -0.2) is 56.8 Å². The van der Waals surface area contributed by atoms with Gasteiger partial charge in [0.25, 0.3) is 0 Å². The zero-order valence-electron chi connectivity index (χ0n) is 10.2. The minimum absolute atomic E-state index is 0.607. The average molecular weight is 248 g/mol. The first kappa shape index (κ1) is 11.1. The van der Waals surface area contributed by atoms with Crippen molar-refractivity contribution in [1.82, 2.24) is 35.9 Å². The summed E-state index contributed by atoms with van der Waals surface area (Å²) in [6.45, 7) is 1.95. The number of aromatic nitrogens is 6. The number of H-pyrrole nitrogens is 2. The van der Waals surface area contributed by atoms with Crippen LogP contribution in [0.1, 0.15) is 12.8 Å². The summed E-state index contributed by atoms with van der Waals surface area (Å²) in [5.74, 6) is 1.39. The second kappa shape index (κ2) is 4.73. The molecule has 0 radical (unpaired) electrons. The van der Waals surface area contributed by atoms with E-state index in [1.165, 1.54) is 0 Å². The number of anilines is 1. The topological polar surface area (TPSA) is 98.4 Å². The van der Waals surface area contributed by atoms with E-state index in [1.807, 2.05) is 7.05 Å². The zero-order valence-corrected chi connectivity index (χ0v) is 10.2.